The Morgan fingerprint density at radius 1 is 1.00 bits per heavy atom. The fourth-order valence-electron chi connectivity index (χ4n) is 4.14. The molecule has 0 amide bonds. The van der Waals surface area contributed by atoms with Crippen LogP contribution >= 0.6 is 15.9 Å². The Hall–Kier alpha value is -2.45. The SMILES string of the molecule is COc1ccc(OC)c(C(c2cc(OC)c(OC)cc2Br)N2CCCC(C(=O)O)C2)c1. The highest BCUT2D eigenvalue weighted by atomic mass is 79.9. The smallest absolute Gasteiger partial charge is 0.307 e. The Balaban J connectivity index is 2.20. The van der Waals surface area contributed by atoms with Crippen molar-refractivity contribution < 1.29 is 28.8 Å². The fraction of sp³-hybridized carbons (Fsp3) is 0.435. The van der Waals surface area contributed by atoms with Gasteiger partial charge in [-0.2, -0.15) is 0 Å². The molecule has 1 fully saturated rings. The number of rotatable bonds is 8. The minimum atomic E-state index is -0.771. The largest absolute Gasteiger partial charge is 0.497 e. The summed E-state index contributed by atoms with van der Waals surface area (Å²) in [4.78, 5) is 13.9. The molecule has 1 heterocycles. The molecule has 168 valence electrons. The van der Waals surface area contributed by atoms with Crippen molar-refractivity contribution in [1.82, 2.24) is 4.90 Å². The van der Waals surface area contributed by atoms with Gasteiger partial charge in [0.1, 0.15) is 11.5 Å². The predicted molar refractivity (Wildman–Crippen MR) is 121 cm³/mol. The van der Waals surface area contributed by atoms with Gasteiger partial charge < -0.3 is 24.1 Å². The molecule has 1 aliphatic rings. The van der Waals surface area contributed by atoms with Crippen LogP contribution in [0.15, 0.2) is 34.8 Å². The monoisotopic (exact) mass is 493 g/mol. The van der Waals surface area contributed by atoms with Crippen LogP contribution in [0.1, 0.15) is 30.0 Å². The van der Waals surface area contributed by atoms with Crippen molar-refractivity contribution in [3.05, 3.63) is 45.9 Å². The summed E-state index contributed by atoms with van der Waals surface area (Å²) >= 11 is 3.69. The van der Waals surface area contributed by atoms with Gasteiger partial charge in [-0.25, -0.2) is 0 Å². The standard InChI is InChI=1S/C23H28BrNO6/c1-28-15-7-8-19(29-2)17(10-15)22(25-9-5-6-14(13-25)23(26)27)16-11-20(30-3)21(31-4)12-18(16)24/h7-8,10-12,14,22H,5-6,9,13H2,1-4H3,(H,26,27). The molecule has 0 aromatic heterocycles. The topological polar surface area (TPSA) is 77.5 Å². The first-order valence-electron chi connectivity index (χ1n) is 10.0. The van der Waals surface area contributed by atoms with Gasteiger partial charge in [-0.15, -0.1) is 0 Å². The number of carbonyl (C=O) groups is 1. The van der Waals surface area contributed by atoms with E-state index in [0.717, 1.165) is 28.6 Å². The van der Waals surface area contributed by atoms with E-state index in [1.54, 1.807) is 28.4 Å². The molecule has 0 spiro atoms. The summed E-state index contributed by atoms with van der Waals surface area (Å²) in [5.74, 6) is 1.41. The summed E-state index contributed by atoms with van der Waals surface area (Å²) in [5.41, 5.74) is 1.82. The van der Waals surface area contributed by atoms with Gasteiger partial charge in [-0.05, 0) is 55.3 Å². The number of methoxy groups -OCH3 is 4. The minimum absolute atomic E-state index is 0.276. The van der Waals surface area contributed by atoms with E-state index in [4.69, 9.17) is 18.9 Å². The second kappa shape index (κ2) is 10.2. The first-order valence-corrected chi connectivity index (χ1v) is 10.8. The lowest BCUT2D eigenvalue weighted by molar-refractivity contribution is -0.143. The number of hydrogen-bond donors (Lipinski definition) is 1. The van der Waals surface area contributed by atoms with Gasteiger partial charge in [0.2, 0.25) is 0 Å². The molecular weight excluding hydrogens is 466 g/mol. The number of carboxylic acids is 1. The summed E-state index contributed by atoms with van der Waals surface area (Å²) in [6.45, 7) is 1.19. The van der Waals surface area contributed by atoms with Gasteiger partial charge in [0.25, 0.3) is 0 Å². The number of nitrogens with zero attached hydrogens (tertiary/aromatic N) is 1. The number of aliphatic carboxylic acids is 1. The van der Waals surface area contributed by atoms with E-state index in [0.29, 0.717) is 36.0 Å². The van der Waals surface area contributed by atoms with E-state index < -0.39 is 11.9 Å². The van der Waals surface area contributed by atoms with Crippen LogP contribution in [0.5, 0.6) is 23.0 Å². The van der Waals surface area contributed by atoms with Gasteiger partial charge in [0.15, 0.2) is 11.5 Å². The Bertz CT molecular complexity index is 935. The zero-order valence-corrected chi connectivity index (χ0v) is 19.8. The van der Waals surface area contributed by atoms with E-state index in [-0.39, 0.29) is 6.04 Å². The third-order valence-corrected chi connectivity index (χ3v) is 6.38. The number of likely N-dealkylation sites (tertiary alicyclic amines) is 1. The minimum Gasteiger partial charge on any atom is -0.497 e. The molecule has 0 radical (unpaired) electrons. The van der Waals surface area contributed by atoms with Gasteiger partial charge in [0, 0.05) is 16.6 Å². The zero-order chi connectivity index (χ0) is 22.5. The molecule has 2 unspecified atom stereocenters. The van der Waals surface area contributed by atoms with Crippen molar-refractivity contribution in [1.29, 1.82) is 0 Å². The molecule has 8 heteroatoms. The van der Waals surface area contributed by atoms with Crippen LogP contribution in [0.3, 0.4) is 0 Å². The van der Waals surface area contributed by atoms with E-state index in [1.807, 2.05) is 30.3 Å². The summed E-state index contributed by atoms with van der Waals surface area (Å²) in [5, 5.41) is 9.65. The van der Waals surface area contributed by atoms with Crippen molar-refractivity contribution in [3.8, 4) is 23.0 Å². The molecule has 1 N–H and O–H groups in total. The summed E-state index contributed by atoms with van der Waals surface area (Å²) in [6.07, 6.45) is 1.46. The van der Waals surface area contributed by atoms with Crippen LogP contribution in [0.4, 0.5) is 0 Å². The normalized spacial score (nSPS) is 17.6. The van der Waals surface area contributed by atoms with Crippen LogP contribution in [-0.2, 0) is 4.79 Å². The maximum absolute atomic E-state index is 11.8. The third-order valence-electron chi connectivity index (χ3n) is 5.70. The molecule has 1 aliphatic heterocycles. The molecule has 7 nitrogen and oxygen atoms in total. The van der Waals surface area contributed by atoms with Crippen molar-refractivity contribution >= 4 is 21.9 Å². The van der Waals surface area contributed by atoms with E-state index >= 15 is 0 Å². The van der Waals surface area contributed by atoms with Crippen molar-refractivity contribution in [2.24, 2.45) is 5.92 Å². The molecule has 2 atom stereocenters. The maximum Gasteiger partial charge on any atom is 0.307 e. The summed E-state index contributed by atoms with van der Waals surface area (Å²) in [7, 11) is 6.43. The van der Waals surface area contributed by atoms with Crippen LogP contribution in [0.25, 0.3) is 0 Å². The average Bonchev–Trinajstić information content (AvgIpc) is 2.80. The van der Waals surface area contributed by atoms with Crippen molar-refractivity contribution in [3.63, 3.8) is 0 Å². The summed E-state index contributed by atoms with van der Waals surface area (Å²) in [6, 6.07) is 9.18. The molecule has 2 aromatic rings. The third kappa shape index (κ3) is 4.91. The molecular formula is C23H28BrNO6. The average molecular weight is 494 g/mol. The Morgan fingerprint density at radius 3 is 2.29 bits per heavy atom. The molecule has 1 saturated heterocycles. The number of benzene rings is 2. The fourth-order valence-corrected chi connectivity index (χ4v) is 4.68. The van der Waals surface area contributed by atoms with E-state index in [9.17, 15) is 9.90 Å². The molecule has 31 heavy (non-hydrogen) atoms. The highest BCUT2D eigenvalue weighted by Gasteiger charge is 2.34. The van der Waals surface area contributed by atoms with Crippen LogP contribution in [0, 0.1) is 5.92 Å². The molecule has 3 rings (SSSR count). The molecule has 2 aromatic carbocycles. The van der Waals surface area contributed by atoms with Gasteiger partial charge in [-0.1, -0.05) is 15.9 Å². The molecule has 0 aliphatic carbocycles. The number of hydrogen-bond acceptors (Lipinski definition) is 6. The van der Waals surface area contributed by atoms with Gasteiger partial charge >= 0.3 is 5.97 Å². The quantitative estimate of drug-likeness (QED) is 0.584. The lowest BCUT2D eigenvalue weighted by Gasteiger charge is -2.38. The van der Waals surface area contributed by atoms with Crippen LogP contribution in [-0.4, -0.2) is 57.5 Å². The first kappa shape index (κ1) is 23.2. The number of halogens is 1. The second-order valence-electron chi connectivity index (χ2n) is 7.41. The number of piperidine rings is 1. The van der Waals surface area contributed by atoms with E-state index in [2.05, 4.69) is 20.8 Å². The Morgan fingerprint density at radius 2 is 1.68 bits per heavy atom. The second-order valence-corrected chi connectivity index (χ2v) is 8.27. The van der Waals surface area contributed by atoms with Crippen LogP contribution in [0.2, 0.25) is 0 Å². The van der Waals surface area contributed by atoms with Crippen molar-refractivity contribution in [2.45, 2.75) is 18.9 Å². The van der Waals surface area contributed by atoms with Gasteiger partial charge in [-0.3, -0.25) is 9.69 Å². The Kier molecular flexibility index (Phi) is 7.67. The molecule has 0 bridgehead atoms. The zero-order valence-electron chi connectivity index (χ0n) is 18.2. The van der Waals surface area contributed by atoms with Gasteiger partial charge in [0.05, 0.1) is 40.4 Å². The highest BCUT2D eigenvalue weighted by molar-refractivity contribution is 9.10. The number of carboxylic acid groups (broad SMARTS) is 1. The molecule has 0 saturated carbocycles. The van der Waals surface area contributed by atoms with Crippen LogP contribution < -0.4 is 18.9 Å². The van der Waals surface area contributed by atoms with E-state index in [1.165, 1.54) is 0 Å². The van der Waals surface area contributed by atoms with Crippen molar-refractivity contribution in [2.75, 3.05) is 41.5 Å². The first-order chi connectivity index (χ1) is 14.9. The lowest BCUT2D eigenvalue weighted by atomic mass is 9.90. The Labute approximate surface area is 191 Å². The highest BCUT2D eigenvalue weighted by Crippen LogP contribution is 2.44. The summed E-state index contributed by atoms with van der Waals surface area (Å²) < 4.78 is 23.0. The number of ether oxygens (including phenoxy) is 4. The predicted octanol–water partition coefficient (Wildman–Crippen LogP) is 4.37. The maximum atomic E-state index is 11.8. The lowest BCUT2D eigenvalue weighted by Crippen LogP contribution is -2.41.